The molecule has 0 unspecified atom stereocenters. The number of hydrogen-bond acceptors (Lipinski definition) is 4. The van der Waals surface area contributed by atoms with Gasteiger partial charge in [0.25, 0.3) is 0 Å². The summed E-state index contributed by atoms with van der Waals surface area (Å²) in [5.41, 5.74) is 1.70. The van der Waals surface area contributed by atoms with Crippen LogP contribution in [0.15, 0.2) is 29.8 Å². The lowest BCUT2D eigenvalue weighted by atomic mass is 10.3. The molecule has 106 valence electrons. The summed E-state index contributed by atoms with van der Waals surface area (Å²) in [5, 5.41) is 5.72. The molecule has 2 aromatic heterocycles. The Labute approximate surface area is 122 Å². The van der Waals surface area contributed by atoms with Gasteiger partial charge < -0.3 is 10.2 Å². The van der Waals surface area contributed by atoms with Gasteiger partial charge in [-0.3, -0.25) is 4.98 Å². The standard InChI is InChI=1S/C14H18N4OS/c1-3-18(4-2)14(19)16-9-13-17-12(10-20-13)11-7-5-6-8-15-11/h5-8,10H,3-4,9H2,1-2H3,(H,16,19). The third-order valence-corrected chi connectivity index (χ3v) is 3.77. The van der Waals surface area contributed by atoms with Gasteiger partial charge >= 0.3 is 6.03 Å². The Hall–Kier alpha value is -1.95. The molecule has 2 amide bonds. The third-order valence-electron chi connectivity index (χ3n) is 2.92. The highest BCUT2D eigenvalue weighted by Gasteiger charge is 2.10. The molecule has 5 nitrogen and oxygen atoms in total. The van der Waals surface area contributed by atoms with Gasteiger partial charge in [-0.05, 0) is 26.0 Å². The summed E-state index contributed by atoms with van der Waals surface area (Å²) in [6.45, 7) is 5.79. The van der Waals surface area contributed by atoms with Crippen molar-refractivity contribution < 1.29 is 4.79 Å². The van der Waals surface area contributed by atoms with E-state index in [-0.39, 0.29) is 6.03 Å². The van der Waals surface area contributed by atoms with E-state index in [1.54, 1.807) is 11.1 Å². The van der Waals surface area contributed by atoms with Crippen molar-refractivity contribution >= 4 is 17.4 Å². The maximum absolute atomic E-state index is 11.8. The summed E-state index contributed by atoms with van der Waals surface area (Å²) < 4.78 is 0. The molecule has 6 heteroatoms. The van der Waals surface area contributed by atoms with Crippen LogP contribution < -0.4 is 5.32 Å². The molecule has 0 saturated carbocycles. The molecule has 2 aromatic rings. The van der Waals surface area contributed by atoms with Gasteiger partial charge in [0.05, 0.1) is 17.9 Å². The van der Waals surface area contributed by atoms with Crippen LogP contribution in [0.4, 0.5) is 4.79 Å². The van der Waals surface area contributed by atoms with E-state index in [4.69, 9.17) is 0 Å². The summed E-state index contributed by atoms with van der Waals surface area (Å²) in [6.07, 6.45) is 1.75. The summed E-state index contributed by atoms with van der Waals surface area (Å²) in [5.74, 6) is 0. The second-order valence-electron chi connectivity index (χ2n) is 4.17. The molecule has 2 rings (SSSR count). The fourth-order valence-corrected chi connectivity index (χ4v) is 2.53. The van der Waals surface area contributed by atoms with Crippen molar-refractivity contribution in [1.82, 2.24) is 20.2 Å². The minimum Gasteiger partial charge on any atom is -0.331 e. The van der Waals surface area contributed by atoms with E-state index in [0.29, 0.717) is 19.6 Å². The first kappa shape index (κ1) is 14.5. The maximum atomic E-state index is 11.8. The molecule has 0 aliphatic carbocycles. The molecule has 0 atom stereocenters. The fraction of sp³-hybridized carbons (Fsp3) is 0.357. The molecule has 0 bridgehead atoms. The normalized spacial score (nSPS) is 10.3. The Kier molecular flexibility index (Phi) is 5.06. The molecule has 1 N–H and O–H groups in total. The molecular formula is C14H18N4OS. The van der Waals surface area contributed by atoms with Crippen LogP contribution in [0, 0.1) is 0 Å². The van der Waals surface area contributed by atoms with Crippen molar-refractivity contribution in [2.45, 2.75) is 20.4 Å². The van der Waals surface area contributed by atoms with Crippen LogP contribution in [-0.2, 0) is 6.54 Å². The van der Waals surface area contributed by atoms with Crippen LogP contribution in [0.3, 0.4) is 0 Å². The van der Waals surface area contributed by atoms with Crippen LogP contribution in [0.2, 0.25) is 0 Å². The second-order valence-corrected chi connectivity index (χ2v) is 5.12. The van der Waals surface area contributed by atoms with E-state index in [1.165, 1.54) is 11.3 Å². The second kappa shape index (κ2) is 7.00. The average molecular weight is 290 g/mol. The van der Waals surface area contributed by atoms with Crippen molar-refractivity contribution in [2.24, 2.45) is 0 Å². The first-order valence-electron chi connectivity index (χ1n) is 6.63. The fourth-order valence-electron chi connectivity index (χ4n) is 1.80. The number of carbonyl (C=O) groups is 1. The van der Waals surface area contributed by atoms with E-state index in [0.717, 1.165) is 16.4 Å². The van der Waals surface area contributed by atoms with E-state index >= 15 is 0 Å². The minimum atomic E-state index is -0.0513. The number of pyridine rings is 1. The lowest BCUT2D eigenvalue weighted by Crippen LogP contribution is -2.39. The van der Waals surface area contributed by atoms with Crippen LogP contribution >= 0.6 is 11.3 Å². The molecule has 0 aliphatic rings. The smallest absolute Gasteiger partial charge is 0.317 e. The largest absolute Gasteiger partial charge is 0.331 e. The maximum Gasteiger partial charge on any atom is 0.317 e. The van der Waals surface area contributed by atoms with Crippen molar-refractivity contribution in [3.8, 4) is 11.4 Å². The van der Waals surface area contributed by atoms with Crippen molar-refractivity contribution in [3.63, 3.8) is 0 Å². The number of urea groups is 1. The molecule has 0 spiro atoms. The topological polar surface area (TPSA) is 58.1 Å². The Morgan fingerprint density at radius 2 is 2.10 bits per heavy atom. The van der Waals surface area contributed by atoms with Gasteiger partial charge in [0.1, 0.15) is 5.01 Å². The number of carbonyl (C=O) groups excluding carboxylic acids is 1. The zero-order valence-corrected chi connectivity index (χ0v) is 12.5. The molecule has 0 aromatic carbocycles. The number of nitrogens with one attached hydrogen (secondary N) is 1. The van der Waals surface area contributed by atoms with Gasteiger partial charge in [-0.2, -0.15) is 0 Å². The van der Waals surface area contributed by atoms with Gasteiger partial charge in [0.2, 0.25) is 0 Å². The quantitative estimate of drug-likeness (QED) is 0.921. The Bertz CT molecular complexity index is 551. The van der Waals surface area contributed by atoms with Crippen molar-refractivity contribution in [2.75, 3.05) is 13.1 Å². The highest BCUT2D eigenvalue weighted by molar-refractivity contribution is 7.09. The number of rotatable bonds is 5. The molecule has 0 aliphatic heterocycles. The number of aromatic nitrogens is 2. The van der Waals surface area contributed by atoms with Gasteiger partial charge in [0.15, 0.2) is 0 Å². The third kappa shape index (κ3) is 3.54. The molecule has 0 saturated heterocycles. The summed E-state index contributed by atoms with van der Waals surface area (Å²) in [7, 11) is 0. The van der Waals surface area contributed by atoms with Gasteiger partial charge in [0, 0.05) is 24.7 Å². The van der Waals surface area contributed by atoms with Gasteiger partial charge in [-0.25, -0.2) is 9.78 Å². The van der Waals surface area contributed by atoms with Crippen LogP contribution in [0.25, 0.3) is 11.4 Å². The van der Waals surface area contributed by atoms with Crippen LogP contribution in [-0.4, -0.2) is 34.0 Å². The first-order valence-corrected chi connectivity index (χ1v) is 7.51. The number of thiazole rings is 1. The molecule has 0 radical (unpaired) electrons. The number of amides is 2. The zero-order chi connectivity index (χ0) is 14.4. The van der Waals surface area contributed by atoms with E-state index in [9.17, 15) is 4.79 Å². The Morgan fingerprint density at radius 1 is 1.30 bits per heavy atom. The van der Waals surface area contributed by atoms with Crippen molar-refractivity contribution in [1.29, 1.82) is 0 Å². The number of nitrogens with zero attached hydrogens (tertiary/aromatic N) is 3. The Morgan fingerprint density at radius 3 is 2.75 bits per heavy atom. The lowest BCUT2D eigenvalue weighted by molar-refractivity contribution is 0.203. The predicted octanol–water partition coefficient (Wildman–Crippen LogP) is 2.76. The molecular weight excluding hydrogens is 272 g/mol. The minimum absolute atomic E-state index is 0.0513. The highest BCUT2D eigenvalue weighted by Crippen LogP contribution is 2.19. The zero-order valence-electron chi connectivity index (χ0n) is 11.7. The predicted molar refractivity (Wildman–Crippen MR) is 80.5 cm³/mol. The average Bonchev–Trinajstić information content (AvgIpc) is 2.96. The lowest BCUT2D eigenvalue weighted by Gasteiger charge is -2.18. The Balaban J connectivity index is 1.95. The summed E-state index contributed by atoms with van der Waals surface area (Å²) in [4.78, 5) is 22.3. The summed E-state index contributed by atoms with van der Waals surface area (Å²) in [6, 6.07) is 5.68. The SMILES string of the molecule is CCN(CC)C(=O)NCc1nc(-c2ccccn2)cs1. The monoisotopic (exact) mass is 290 g/mol. The number of hydrogen-bond donors (Lipinski definition) is 1. The van der Waals surface area contributed by atoms with E-state index in [2.05, 4.69) is 15.3 Å². The van der Waals surface area contributed by atoms with Crippen LogP contribution in [0.5, 0.6) is 0 Å². The summed E-state index contributed by atoms with van der Waals surface area (Å²) >= 11 is 1.53. The van der Waals surface area contributed by atoms with Crippen molar-refractivity contribution in [3.05, 3.63) is 34.8 Å². The molecule has 2 heterocycles. The van der Waals surface area contributed by atoms with Gasteiger partial charge in [-0.15, -0.1) is 11.3 Å². The first-order chi connectivity index (χ1) is 9.74. The highest BCUT2D eigenvalue weighted by atomic mass is 32.1. The van der Waals surface area contributed by atoms with Crippen LogP contribution in [0.1, 0.15) is 18.9 Å². The van der Waals surface area contributed by atoms with Gasteiger partial charge in [-0.1, -0.05) is 6.07 Å². The molecule has 20 heavy (non-hydrogen) atoms. The van der Waals surface area contributed by atoms with E-state index < -0.39 is 0 Å². The molecule has 0 fully saturated rings. The van der Waals surface area contributed by atoms with E-state index in [1.807, 2.05) is 37.4 Å².